The van der Waals surface area contributed by atoms with Crippen molar-refractivity contribution in [3.8, 4) is 0 Å². The Kier molecular flexibility index (Phi) is 8.48. The number of ether oxygens (including phenoxy) is 1. The molecule has 1 aliphatic heterocycles. The third-order valence-corrected chi connectivity index (χ3v) is 7.84. The van der Waals surface area contributed by atoms with Crippen LogP contribution in [-0.4, -0.2) is 65.1 Å². The summed E-state index contributed by atoms with van der Waals surface area (Å²) >= 11 is 0. The van der Waals surface area contributed by atoms with Crippen molar-refractivity contribution in [3.63, 3.8) is 0 Å². The summed E-state index contributed by atoms with van der Waals surface area (Å²) in [4.78, 5) is 31.5. The number of nitro benzene ring substituents is 1. The second kappa shape index (κ2) is 12.1. The Morgan fingerprint density at radius 1 is 1.05 bits per heavy atom. The Labute approximate surface area is 239 Å². The molecule has 1 unspecified atom stereocenters. The second-order valence-corrected chi connectivity index (χ2v) is 10.7. The van der Waals surface area contributed by atoms with Crippen LogP contribution in [0.5, 0.6) is 0 Å². The van der Waals surface area contributed by atoms with E-state index < -0.39 is 28.5 Å². The van der Waals surface area contributed by atoms with Crippen molar-refractivity contribution < 1.29 is 32.0 Å². The smallest absolute Gasteiger partial charge is 0.382 e. The number of nitro groups is 1. The number of carbonyl (C=O) groups is 1. The second-order valence-electron chi connectivity index (χ2n) is 10.7. The first kappa shape index (κ1) is 29.5. The van der Waals surface area contributed by atoms with E-state index >= 15 is 0 Å². The lowest BCUT2D eigenvalue weighted by molar-refractivity contribution is -0.388. The fourth-order valence-corrected chi connectivity index (χ4v) is 5.61. The van der Waals surface area contributed by atoms with Crippen molar-refractivity contribution in [1.82, 2.24) is 9.88 Å². The summed E-state index contributed by atoms with van der Waals surface area (Å²) in [5.74, 6) is 0.372. The number of pyridine rings is 1. The number of amides is 1. The quantitative estimate of drug-likeness (QED) is 0.212. The predicted octanol–water partition coefficient (Wildman–Crippen LogP) is 5.78. The van der Waals surface area contributed by atoms with Gasteiger partial charge in [-0.2, -0.15) is 13.2 Å². The highest BCUT2D eigenvalue weighted by atomic mass is 19.4. The van der Waals surface area contributed by atoms with Gasteiger partial charge >= 0.3 is 6.18 Å². The zero-order valence-corrected chi connectivity index (χ0v) is 22.9. The lowest BCUT2D eigenvalue weighted by Gasteiger charge is -2.37. The van der Waals surface area contributed by atoms with Crippen molar-refractivity contribution >= 4 is 34.0 Å². The average molecular weight is 590 g/mol. The fourth-order valence-electron chi connectivity index (χ4n) is 5.61. The summed E-state index contributed by atoms with van der Waals surface area (Å²) in [6.07, 6.45) is -3.14. The van der Waals surface area contributed by atoms with E-state index in [4.69, 9.17) is 4.74 Å². The van der Waals surface area contributed by atoms with E-state index in [2.05, 4.69) is 15.2 Å². The van der Waals surface area contributed by atoms with Crippen molar-refractivity contribution in [2.75, 3.05) is 36.4 Å². The number of nitrogens with one attached hydrogen (secondary N) is 1. The third-order valence-electron chi connectivity index (χ3n) is 7.84. The number of nitrogens with zero attached hydrogens (tertiary/aromatic N) is 4. The SMILES string of the molecule is CC(O[C@H]1CC[C@H](Nc2ccc([N+](=O)[O-])c(C(F)(F)F)c2)CC1)C(=O)N1CCN(c2ccc3cc(F)ccc3n2)CC1. The standard InChI is InChI=1S/C29H31F4N5O4/c1-18(28(39)37-14-12-36(13-15-37)27-11-2-19-16-20(30)3-9-25(19)35-27)42-23-7-4-21(5-8-23)34-22-6-10-26(38(40)41)24(17-22)29(31,32)33/h2-3,6,9-11,16-18,21,23,34H,4-5,7-8,12-15H2,1H3/t18?,21-,23-. The van der Waals surface area contributed by atoms with Crippen LogP contribution in [0.2, 0.25) is 0 Å². The average Bonchev–Trinajstić information content (AvgIpc) is 2.97. The number of hydrogen-bond donors (Lipinski definition) is 1. The van der Waals surface area contributed by atoms with Crippen LogP contribution >= 0.6 is 0 Å². The van der Waals surface area contributed by atoms with Crippen molar-refractivity contribution in [1.29, 1.82) is 0 Å². The largest absolute Gasteiger partial charge is 0.423 e. The number of carbonyl (C=O) groups excluding carboxylic acids is 1. The van der Waals surface area contributed by atoms with Crippen LogP contribution in [0.3, 0.4) is 0 Å². The molecule has 0 spiro atoms. The lowest BCUT2D eigenvalue weighted by Crippen LogP contribution is -2.52. The molecule has 1 N–H and O–H groups in total. The lowest BCUT2D eigenvalue weighted by atomic mass is 9.92. The molecule has 1 aliphatic carbocycles. The number of piperazine rings is 1. The number of benzene rings is 2. The summed E-state index contributed by atoms with van der Waals surface area (Å²) in [5, 5.41) is 14.8. The minimum atomic E-state index is -4.84. The number of alkyl halides is 3. The summed E-state index contributed by atoms with van der Waals surface area (Å²) in [5.41, 5.74) is -1.38. The Bertz CT molecular complexity index is 1450. The van der Waals surface area contributed by atoms with E-state index in [-0.39, 0.29) is 29.6 Å². The Hall–Kier alpha value is -4.00. The van der Waals surface area contributed by atoms with Crippen molar-refractivity contribution in [2.24, 2.45) is 0 Å². The number of rotatable bonds is 7. The van der Waals surface area contributed by atoms with Gasteiger partial charge < -0.3 is 19.9 Å². The normalized spacial score (nSPS) is 20.4. The van der Waals surface area contributed by atoms with Gasteiger partial charge in [-0.3, -0.25) is 14.9 Å². The molecule has 2 fully saturated rings. The number of fused-ring (bicyclic) bond motifs is 1. The summed E-state index contributed by atoms with van der Waals surface area (Å²) in [6, 6.07) is 11.0. The van der Waals surface area contributed by atoms with Gasteiger partial charge in [0.2, 0.25) is 0 Å². The molecule has 1 aromatic heterocycles. The number of hydrogen-bond acceptors (Lipinski definition) is 7. The van der Waals surface area contributed by atoms with Gasteiger partial charge in [-0.1, -0.05) is 0 Å². The first-order valence-electron chi connectivity index (χ1n) is 13.9. The number of aromatic nitrogens is 1. The predicted molar refractivity (Wildman–Crippen MR) is 149 cm³/mol. The van der Waals surface area contributed by atoms with Crippen molar-refractivity contribution in [2.45, 2.75) is 57.0 Å². The van der Waals surface area contributed by atoms with E-state index in [1.807, 2.05) is 12.1 Å². The molecule has 0 bridgehead atoms. The minimum absolute atomic E-state index is 0.0950. The van der Waals surface area contributed by atoms with Gasteiger partial charge in [-0.05, 0) is 75.1 Å². The molecule has 2 aromatic carbocycles. The van der Waals surface area contributed by atoms with Crippen LogP contribution < -0.4 is 10.2 Å². The molecule has 224 valence electrons. The van der Waals surface area contributed by atoms with E-state index in [9.17, 15) is 32.5 Å². The van der Waals surface area contributed by atoms with E-state index in [0.717, 1.165) is 23.3 Å². The molecule has 0 radical (unpaired) electrons. The van der Waals surface area contributed by atoms with Gasteiger partial charge in [-0.15, -0.1) is 0 Å². The molecule has 1 atom stereocenters. The highest BCUT2D eigenvalue weighted by Gasteiger charge is 2.38. The molecular weight excluding hydrogens is 558 g/mol. The van der Waals surface area contributed by atoms with Gasteiger partial charge in [0, 0.05) is 49.4 Å². The minimum Gasteiger partial charge on any atom is -0.382 e. The van der Waals surface area contributed by atoms with Crippen LogP contribution in [0.25, 0.3) is 10.9 Å². The first-order valence-corrected chi connectivity index (χ1v) is 13.9. The number of anilines is 2. The van der Waals surface area contributed by atoms with Gasteiger partial charge in [0.25, 0.3) is 11.6 Å². The summed E-state index contributed by atoms with van der Waals surface area (Å²) in [6.45, 7) is 3.98. The number of halogens is 4. The molecule has 3 aromatic rings. The van der Waals surface area contributed by atoms with E-state index in [1.165, 1.54) is 18.2 Å². The van der Waals surface area contributed by atoms with Crippen LogP contribution in [0, 0.1) is 15.9 Å². The van der Waals surface area contributed by atoms with Gasteiger partial charge in [0.1, 0.15) is 23.3 Å². The molecule has 1 saturated heterocycles. The van der Waals surface area contributed by atoms with Crippen LogP contribution in [-0.2, 0) is 15.7 Å². The maximum atomic E-state index is 13.5. The third kappa shape index (κ3) is 6.72. The molecule has 1 saturated carbocycles. The molecule has 5 rings (SSSR count). The van der Waals surface area contributed by atoms with E-state index in [0.29, 0.717) is 57.4 Å². The molecular formula is C29H31F4N5O4. The van der Waals surface area contributed by atoms with Crippen LogP contribution in [0.1, 0.15) is 38.2 Å². The highest BCUT2D eigenvalue weighted by molar-refractivity contribution is 5.81. The fraction of sp³-hybridized carbons (Fsp3) is 0.448. The van der Waals surface area contributed by atoms with Gasteiger partial charge in [0.05, 0.1) is 16.5 Å². The van der Waals surface area contributed by atoms with Crippen LogP contribution in [0.4, 0.5) is 34.8 Å². The summed E-state index contributed by atoms with van der Waals surface area (Å²) in [7, 11) is 0. The molecule has 13 heteroatoms. The van der Waals surface area contributed by atoms with Gasteiger partial charge in [-0.25, -0.2) is 9.37 Å². The molecule has 2 aliphatic rings. The Morgan fingerprint density at radius 3 is 2.43 bits per heavy atom. The zero-order chi connectivity index (χ0) is 30.0. The zero-order valence-electron chi connectivity index (χ0n) is 22.9. The molecule has 1 amide bonds. The Balaban J connectivity index is 1.08. The van der Waals surface area contributed by atoms with Crippen molar-refractivity contribution in [3.05, 3.63) is 70.0 Å². The van der Waals surface area contributed by atoms with Gasteiger partial charge in [0.15, 0.2) is 0 Å². The molecule has 2 heterocycles. The maximum absolute atomic E-state index is 13.5. The highest BCUT2D eigenvalue weighted by Crippen LogP contribution is 2.38. The molecule has 9 nitrogen and oxygen atoms in total. The maximum Gasteiger partial charge on any atom is 0.423 e. The topological polar surface area (TPSA) is 101 Å². The monoisotopic (exact) mass is 589 g/mol. The summed E-state index contributed by atoms with van der Waals surface area (Å²) < 4.78 is 59.5. The van der Waals surface area contributed by atoms with Crippen LogP contribution in [0.15, 0.2) is 48.5 Å². The first-order chi connectivity index (χ1) is 20.0. The van der Waals surface area contributed by atoms with E-state index in [1.54, 1.807) is 17.9 Å². The molecule has 42 heavy (non-hydrogen) atoms. The Morgan fingerprint density at radius 2 is 1.76 bits per heavy atom.